The highest BCUT2D eigenvalue weighted by Gasteiger charge is 2.01. The van der Waals surface area contributed by atoms with E-state index in [1.54, 1.807) is 5.54 Å². The van der Waals surface area contributed by atoms with Gasteiger partial charge in [-0.15, -0.1) is 0 Å². The Morgan fingerprint density at radius 2 is 2.14 bits per heavy atom. The third kappa shape index (κ3) is 2.78. The molecule has 0 saturated heterocycles. The van der Waals surface area contributed by atoms with Crippen LogP contribution in [-0.4, -0.2) is 6.61 Å². The summed E-state index contributed by atoms with van der Waals surface area (Å²) in [6, 6.07) is 6.05. The van der Waals surface area contributed by atoms with Gasteiger partial charge in [-0.05, 0) is 43.5 Å². The van der Waals surface area contributed by atoms with E-state index in [0.717, 1.165) is 11.3 Å². The fraction of sp³-hybridized carbons (Fsp3) is 0.333. The molecule has 0 heterocycles. The van der Waals surface area contributed by atoms with Gasteiger partial charge in [-0.2, -0.15) is 0 Å². The summed E-state index contributed by atoms with van der Waals surface area (Å²) in [7, 11) is 0. The molecule has 1 rings (SSSR count). The molecule has 0 aromatic heterocycles. The third-order valence-electron chi connectivity index (χ3n) is 2.20. The zero-order valence-electron chi connectivity index (χ0n) is 8.80. The van der Waals surface area contributed by atoms with Gasteiger partial charge in [0.15, 0.2) is 0 Å². The smallest absolute Gasteiger partial charge is 0.122 e. The minimum absolute atomic E-state index is 0.549. The number of benzene rings is 1. The molecule has 0 unspecified atom stereocenters. The predicted molar refractivity (Wildman–Crippen MR) is 61.0 cm³/mol. The Balaban J connectivity index is 2.73. The topological polar surface area (TPSA) is 9.23 Å². The van der Waals surface area contributed by atoms with E-state index < -0.39 is 0 Å². The molecule has 0 aliphatic heterocycles. The van der Waals surface area contributed by atoms with Crippen molar-refractivity contribution in [1.29, 1.82) is 0 Å². The molecule has 0 bridgehead atoms. The molecule has 0 spiro atoms. The Hall–Kier alpha value is -0.950. The molecular weight excluding hydrogens is 196 g/mol. The van der Waals surface area contributed by atoms with Gasteiger partial charge in [-0.1, -0.05) is 23.7 Å². The highest BCUT2D eigenvalue weighted by molar-refractivity contribution is 6.25. The molecule has 0 saturated carbocycles. The summed E-state index contributed by atoms with van der Waals surface area (Å²) in [6.07, 6.45) is 0. The number of halogens is 1. The summed E-state index contributed by atoms with van der Waals surface area (Å²) in [4.78, 5) is 0. The van der Waals surface area contributed by atoms with Crippen LogP contribution in [0.5, 0.6) is 5.75 Å². The van der Waals surface area contributed by atoms with E-state index in [0.29, 0.717) is 6.61 Å². The number of ether oxygens (including phenoxy) is 1. The number of hydrogen-bond acceptors (Lipinski definition) is 1. The van der Waals surface area contributed by atoms with Gasteiger partial charge in [0, 0.05) is 5.54 Å². The molecule has 2 heteroatoms. The minimum atomic E-state index is 0.549. The van der Waals surface area contributed by atoms with Crippen LogP contribution in [-0.2, 0) is 0 Å². The van der Waals surface area contributed by atoms with Crippen molar-refractivity contribution in [1.82, 2.24) is 0 Å². The first-order chi connectivity index (χ1) is 6.65. The second kappa shape index (κ2) is 5.06. The standard InChI is InChI=1S/C12H15ClO/c1-9(7-13)8-14-12-6-4-5-10(2)11(12)3/h4-7H,8H2,1-3H3/b9-7-. The second-order valence-electron chi connectivity index (χ2n) is 3.44. The fourth-order valence-electron chi connectivity index (χ4n) is 1.10. The summed E-state index contributed by atoms with van der Waals surface area (Å²) >= 11 is 5.55. The van der Waals surface area contributed by atoms with E-state index in [1.807, 2.05) is 19.1 Å². The van der Waals surface area contributed by atoms with Gasteiger partial charge >= 0.3 is 0 Å². The fourth-order valence-corrected chi connectivity index (χ4v) is 1.17. The minimum Gasteiger partial charge on any atom is -0.489 e. The van der Waals surface area contributed by atoms with Crippen molar-refractivity contribution in [3.05, 3.63) is 40.4 Å². The Labute approximate surface area is 90.3 Å². The van der Waals surface area contributed by atoms with Gasteiger partial charge in [0.1, 0.15) is 12.4 Å². The Morgan fingerprint density at radius 1 is 1.43 bits per heavy atom. The lowest BCUT2D eigenvalue weighted by Gasteiger charge is -2.10. The van der Waals surface area contributed by atoms with Crippen molar-refractivity contribution in [2.45, 2.75) is 20.8 Å². The quantitative estimate of drug-likeness (QED) is 0.737. The Bertz CT molecular complexity index is 342. The number of rotatable bonds is 3. The zero-order valence-corrected chi connectivity index (χ0v) is 9.56. The van der Waals surface area contributed by atoms with Gasteiger partial charge in [0.25, 0.3) is 0 Å². The molecule has 0 aliphatic rings. The largest absolute Gasteiger partial charge is 0.489 e. The molecular formula is C12H15ClO. The first kappa shape index (κ1) is 11.1. The van der Waals surface area contributed by atoms with Crippen LogP contribution in [0.3, 0.4) is 0 Å². The summed E-state index contributed by atoms with van der Waals surface area (Å²) < 4.78 is 5.62. The van der Waals surface area contributed by atoms with Gasteiger partial charge < -0.3 is 4.74 Å². The summed E-state index contributed by atoms with van der Waals surface area (Å²) in [5.74, 6) is 0.933. The zero-order chi connectivity index (χ0) is 10.6. The molecule has 14 heavy (non-hydrogen) atoms. The molecule has 76 valence electrons. The van der Waals surface area contributed by atoms with Gasteiger partial charge in [0.2, 0.25) is 0 Å². The molecule has 1 nitrogen and oxygen atoms in total. The Morgan fingerprint density at radius 3 is 2.79 bits per heavy atom. The van der Waals surface area contributed by atoms with Crippen LogP contribution in [0.15, 0.2) is 29.3 Å². The van der Waals surface area contributed by atoms with E-state index >= 15 is 0 Å². The molecule has 0 radical (unpaired) electrons. The summed E-state index contributed by atoms with van der Waals surface area (Å²) in [5.41, 5.74) is 5.00. The lowest BCUT2D eigenvalue weighted by molar-refractivity contribution is 0.349. The van der Waals surface area contributed by atoms with Gasteiger partial charge in [-0.3, -0.25) is 0 Å². The van der Waals surface area contributed by atoms with Crippen molar-refractivity contribution in [2.75, 3.05) is 6.61 Å². The van der Waals surface area contributed by atoms with E-state index in [1.165, 1.54) is 11.1 Å². The Kier molecular flexibility index (Phi) is 4.02. The molecule has 0 N–H and O–H groups in total. The maximum absolute atomic E-state index is 5.62. The maximum atomic E-state index is 5.62. The first-order valence-electron chi connectivity index (χ1n) is 4.60. The van der Waals surface area contributed by atoms with Crippen molar-refractivity contribution in [3.63, 3.8) is 0 Å². The SMILES string of the molecule is C/C(=C/Cl)COc1cccc(C)c1C. The normalized spacial score (nSPS) is 11.6. The molecule has 0 fully saturated rings. The van der Waals surface area contributed by atoms with Crippen LogP contribution in [0.4, 0.5) is 0 Å². The van der Waals surface area contributed by atoms with Crippen LogP contribution in [0, 0.1) is 13.8 Å². The summed E-state index contributed by atoms with van der Waals surface area (Å²) in [5, 5.41) is 0. The lowest BCUT2D eigenvalue weighted by atomic mass is 10.1. The van der Waals surface area contributed by atoms with Crippen LogP contribution < -0.4 is 4.74 Å². The van der Waals surface area contributed by atoms with Gasteiger partial charge in [0.05, 0.1) is 0 Å². The monoisotopic (exact) mass is 210 g/mol. The van der Waals surface area contributed by atoms with Crippen molar-refractivity contribution in [3.8, 4) is 5.75 Å². The van der Waals surface area contributed by atoms with Crippen LogP contribution >= 0.6 is 11.6 Å². The molecule has 0 amide bonds. The van der Waals surface area contributed by atoms with E-state index in [2.05, 4.69) is 19.9 Å². The molecule has 1 aromatic carbocycles. The molecule has 0 aliphatic carbocycles. The van der Waals surface area contributed by atoms with E-state index in [4.69, 9.17) is 16.3 Å². The molecule has 1 aromatic rings. The van der Waals surface area contributed by atoms with Gasteiger partial charge in [-0.25, -0.2) is 0 Å². The average molecular weight is 211 g/mol. The average Bonchev–Trinajstić information content (AvgIpc) is 2.20. The van der Waals surface area contributed by atoms with Crippen molar-refractivity contribution in [2.24, 2.45) is 0 Å². The highest BCUT2D eigenvalue weighted by Crippen LogP contribution is 2.20. The van der Waals surface area contributed by atoms with Crippen LogP contribution in [0.25, 0.3) is 0 Å². The third-order valence-corrected chi connectivity index (χ3v) is 2.57. The maximum Gasteiger partial charge on any atom is 0.122 e. The van der Waals surface area contributed by atoms with E-state index in [-0.39, 0.29) is 0 Å². The van der Waals surface area contributed by atoms with Crippen LogP contribution in [0.1, 0.15) is 18.1 Å². The lowest BCUT2D eigenvalue weighted by Crippen LogP contribution is -2.00. The van der Waals surface area contributed by atoms with E-state index in [9.17, 15) is 0 Å². The summed E-state index contributed by atoms with van der Waals surface area (Å²) in [6.45, 7) is 6.63. The number of aryl methyl sites for hydroxylation is 1. The van der Waals surface area contributed by atoms with Crippen LogP contribution in [0.2, 0.25) is 0 Å². The van der Waals surface area contributed by atoms with Crippen molar-refractivity contribution >= 4 is 11.6 Å². The highest BCUT2D eigenvalue weighted by atomic mass is 35.5. The molecule has 0 atom stereocenters. The number of hydrogen-bond donors (Lipinski definition) is 0. The second-order valence-corrected chi connectivity index (χ2v) is 3.66. The van der Waals surface area contributed by atoms with Crippen molar-refractivity contribution < 1.29 is 4.74 Å². The first-order valence-corrected chi connectivity index (χ1v) is 5.03. The predicted octanol–water partition coefficient (Wildman–Crippen LogP) is 3.82.